The maximum atomic E-state index is 13.6. The highest BCUT2D eigenvalue weighted by Gasteiger charge is 2.80. The Morgan fingerprint density at radius 2 is 1.79 bits per heavy atom. The molecule has 178 valence electrons. The fourth-order valence-electron chi connectivity index (χ4n) is 5.83. The van der Waals surface area contributed by atoms with Crippen LogP contribution < -0.4 is 5.32 Å². The highest BCUT2D eigenvalue weighted by molar-refractivity contribution is 6.08. The van der Waals surface area contributed by atoms with Crippen LogP contribution in [0.15, 0.2) is 48.5 Å². The van der Waals surface area contributed by atoms with Crippen LogP contribution in [0.2, 0.25) is 0 Å². The molecule has 0 aromatic heterocycles. The van der Waals surface area contributed by atoms with Crippen molar-refractivity contribution >= 4 is 17.6 Å². The zero-order valence-electron chi connectivity index (χ0n) is 18.9. The van der Waals surface area contributed by atoms with Crippen LogP contribution in [0, 0.1) is 26.1 Å². The SMILES string of the molecule is CCOC(=O)[C@]1([N+](=O)[O-])[C@@H](C[N+](=O)[O-])C[C@]2(C(=O)Nc3ccccc32)[C@@H]1c1ccc(CC)cc1. The first-order valence-corrected chi connectivity index (χ1v) is 11.2. The average Bonchev–Trinajstić information content (AvgIpc) is 3.26. The monoisotopic (exact) mass is 467 g/mol. The molecule has 0 saturated heterocycles. The fraction of sp³-hybridized carbons (Fsp3) is 0.417. The third-order valence-electron chi connectivity index (χ3n) is 7.18. The van der Waals surface area contributed by atoms with E-state index in [-0.39, 0.29) is 13.0 Å². The highest BCUT2D eigenvalue weighted by Crippen LogP contribution is 2.63. The first kappa shape index (κ1) is 23.3. The number of ether oxygens (including phenoxy) is 1. The van der Waals surface area contributed by atoms with Gasteiger partial charge < -0.3 is 10.1 Å². The van der Waals surface area contributed by atoms with Crippen LogP contribution in [0.25, 0.3) is 0 Å². The van der Waals surface area contributed by atoms with Crippen LogP contribution in [0.4, 0.5) is 5.69 Å². The van der Waals surface area contributed by atoms with E-state index in [1.54, 1.807) is 48.5 Å². The molecular weight excluding hydrogens is 442 g/mol. The first-order chi connectivity index (χ1) is 16.2. The molecule has 4 rings (SSSR count). The number of anilines is 1. The van der Waals surface area contributed by atoms with Crippen molar-refractivity contribution in [1.82, 2.24) is 0 Å². The van der Waals surface area contributed by atoms with Crippen molar-refractivity contribution in [2.75, 3.05) is 18.5 Å². The van der Waals surface area contributed by atoms with Crippen LogP contribution in [-0.4, -0.2) is 40.4 Å². The number of amides is 1. The van der Waals surface area contributed by atoms with Crippen molar-refractivity contribution in [3.05, 3.63) is 85.4 Å². The van der Waals surface area contributed by atoms with Gasteiger partial charge in [0.05, 0.1) is 17.9 Å². The molecule has 0 radical (unpaired) electrons. The summed E-state index contributed by atoms with van der Waals surface area (Å²) >= 11 is 0. The number of rotatable bonds is 7. The summed E-state index contributed by atoms with van der Waals surface area (Å²) in [7, 11) is 0. The van der Waals surface area contributed by atoms with Crippen LogP contribution >= 0.6 is 0 Å². The number of benzene rings is 2. The van der Waals surface area contributed by atoms with Crippen LogP contribution in [0.3, 0.4) is 0 Å². The molecule has 34 heavy (non-hydrogen) atoms. The van der Waals surface area contributed by atoms with Gasteiger partial charge in [-0.15, -0.1) is 0 Å². The van der Waals surface area contributed by atoms with Crippen LogP contribution in [-0.2, 0) is 26.2 Å². The second-order valence-corrected chi connectivity index (χ2v) is 8.72. The minimum absolute atomic E-state index is 0.142. The van der Waals surface area contributed by atoms with E-state index in [9.17, 15) is 29.8 Å². The topological polar surface area (TPSA) is 142 Å². The minimum atomic E-state index is -2.52. The molecular formula is C24H25N3O7. The Hall–Kier alpha value is -3.82. The van der Waals surface area contributed by atoms with E-state index in [0.29, 0.717) is 16.8 Å². The molecule has 1 aliphatic heterocycles. The summed E-state index contributed by atoms with van der Waals surface area (Å²) in [6.07, 6.45) is 0.485. The second kappa shape index (κ2) is 8.51. The lowest BCUT2D eigenvalue weighted by Gasteiger charge is -2.34. The lowest BCUT2D eigenvalue weighted by molar-refractivity contribution is -0.582. The molecule has 1 N–H and O–H groups in total. The summed E-state index contributed by atoms with van der Waals surface area (Å²) in [4.78, 5) is 50.1. The van der Waals surface area contributed by atoms with Gasteiger partial charge in [-0.05, 0) is 42.5 Å². The zero-order valence-corrected chi connectivity index (χ0v) is 18.9. The predicted molar refractivity (Wildman–Crippen MR) is 122 cm³/mol. The summed E-state index contributed by atoms with van der Waals surface area (Å²) in [5, 5.41) is 27.3. The molecule has 2 aliphatic rings. The number of nitro groups is 2. The number of para-hydroxylation sites is 1. The van der Waals surface area contributed by atoms with Crippen LogP contribution in [0.1, 0.15) is 42.9 Å². The van der Waals surface area contributed by atoms with Gasteiger partial charge in [0.25, 0.3) is 0 Å². The molecule has 1 aliphatic carbocycles. The van der Waals surface area contributed by atoms with Crippen molar-refractivity contribution in [3.63, 3.8) is 0 Å². The van der Waals surface area contributed by atoms with Gasteiger partial charge in [0.1, 0.15) is 5.92 Å². The van der Waals surface area contributed by atoms with Gasteiger partial charge in [-0.3, -0.25) is 25.0 Å². The number of nitrogens with one attached hydrogen (secondary N) is 1. The Kier molecular flexibility index (Phi) is 5.84. The van der Waals surface area contributed by atoms with Gasteiger partial charge in [0, 0.05) is 15.5 Å². The minimum Gasteiger partial charge on any atom is -0.461 e. The molecule has 1 amide bonds. The van der Waals surface area contributed by atoms with Gasteiger partial charge in [-0.25, -0.2) is 4.79 Å². The Balaban J connectivity index is 2.08. The molecule has 10 heteroatoms. The molecule has 1 spiro atoms. The maximum absolute atomic E-state index is 13.6. The molecule has 1 saturated carbocycles. The Morgan fingerprint density at radius 1 is 1.12 bits per heavy atom. The Labute approximate surface area is 195 Å². The number of esters is 1. The van der Waals surface area contributed by atoms with Crippen molar-refractivity contribution < 1.29 is 24.2 Å². The standard InChI is InChI=1S/C24H25N3O7/c1-3-15-9-11-16(12-10-15)20-23(18-7-5-6-8-19(18)25-21(23)28)13-17(14-26(30)31)24(20,27(32)33)22(29)34-4-2/h5-12,17,20H,3-4,13-14H2,1-2H3,(H,25,28)/t17-,20+,23-,24+/m1/s1. The number of hydrogen-bond donors (Lipinski definition) is 1. The Morgan fingerprint density at radius 3 is 2.38 bits per heavy atom. The number of aryl methyl sites for hydroxylation is 1. The van der Waals surface area contributed by atoms with Gasteiger partial charge in [0.2, 0.25) is 12.5 Å². The number of fused-ring (bicyclic) bond motifs is 2. The Bertz CT molecular complexity index is 1170. The summed E-state index contributed by atoms with van der Waals surface area (Å²) in [6, 6.07) is 13.7. The lowest BCUT2D eigenvalue weighted by Crippen LogP contribution is -2.58. The van der Waals surface area contributed by atoms with Gasteiger partial charge in [-0.1, -0.05) is 49.4 Å². The van der Waals surface area contributed by atoms with Crippen molar-refractivity contribution in [2.45, 2.75) is 43.6 Å². The number of carbonyl (C=O) groups excluding carboxylic acids is 2. The summed E-state index contributed by atoms with van der Waals surface area (Å²) in [5.41, 5.74) is -1.75. The number of hydrogen-bond acceptors (Lipinski definition) is 7. The average molecular weight is 467 g/mol. The highest BCUT2D eigenvalue weighted by atomic mass is 16.6. The van der Waals surface area contributed by atoms with E-state index >= 15 is 0 Å². The third-order valence-corrected chi connectivity index (χ3v) is 7.18. The molecule has 4 atom stereocenters. The van der Waals surface area contributed by atoms with E-state index in [4.69, 9.17) is 4.74 Å². The van der Waals surface area contributed by atoms with Gasteiger partial charge >= 0.3 is 11.5 Å². The molecule has 10 nitrogen and oxygen atoms in total. The molecule has 2 aromatic carbocycles. The quantitative estimate of drug-likeness (QED) is 0.374. The maximum Gasteiger partial charge on any atom is 0.386 e. The largest absolute Gasteiger partial charge is 0.461 e. The van der Waals surface area contributed by atoms with E-state index in [1.807, 2.05) is 6.92 Å². The summed E-state index contributed by atoms with van der Waals surface area (Å²) < 4.78 is 5.19. The number of carbonyl (C=O) groups is 2. The first-order valence-electron chi connectivity index (χ1n) is 11.2. The van der Waals surface area contributed by atoms with Gasteiger partial charge in [-0.2, -0.15) is 0 Å². The number of nitrogens with zero attached hydrogens (tertiary/aromatic N) is 2. The van der Waals surface area contributed by atoms with Crippen molar-refractivity contribution in [3.8, 4) is 0 Å². The molecule has 2 aromatic rings. The van der Waals surface area contributed by atoms with Crippen LogP contribution in [0.5, 0.6) is 0 Å². The summed E-state index contributed by atoms with van der Waals surface area (Å²) in [5.74, 6) is -4.36. The third kappa shape index (κ3) is 3.16. The lowest BCUT2D eigenvalue weighted by atomic mass is 9.65. The summed E-state index contributed by atoms with van der Waals surface area (Å²) in [6.45, 7) is 2.48. The van der Waals surface area contributed by atoms with Crippen molar-refractivity contribution in [2.24, 2.45) is 5.92 Å². The molecule has 1 fully saturated rings. The predicted octanol–water partition coefficient (Wildman–Crippen LogP) is 3.10. The zero-order chi connectivity index (χ0) is 24.7. The van der Waals surface area contributed by atoms with E-state index < -0.39 is 51.1 Å². The van der Waals surface area contributed by atoms with E-state index in [1.165, 1.54) is 6.92 Å². The fourth-order valence-corrected chi connectivity index (χ4v) is 5.83. The molecule has 1 heterocycles. The normalized spacial score (nSPS) is 27.3. The van der Waals surface area contributed by atoms with Gasteiger partial charge in [0.15, 0.2) is 0 Å². The molecule has 0 bridgehead atoms. The van der Waals surface area contributed by atoms with E-state index in [2.05, 4.69) is 5.32 Å². The van der Waals surface area contributed by atoms with E-state index in [0.717, 1.165) is 12.0 Å². The molecule has 0 unspecified atom stereocenters. The second-order valence-electron chi connectivity index (χ2n) is 8.72. The smallest absolute Gasteiger partial charge is 0.386 e. The van der Waals surface area contributed by atoms with Crippen molar-refractivity contribution in [1.29, 1.82) is 0 Å².